The van der Waals surface area contributed by atoms with Crippen molar-refractivity contribution in [2.24, 2.45) is 5.41 Å². The molecule has 1 aliphatic heterocycles. The van der Waals surface area contributed by atoms with E-state index in [4.69, 9.17) is 29.0 Å². The summed E-state index contributed by atoms with van der Waals surface area (Å²) < 4.78 is 44.3. The van der Waals surface area contributed by atoms with Crippen molar-refractivity contribution in [3.63, 3.8) is 0 Å². The van der Waals surface area contributed by atoms with E-state index in [9.17, 15) is 14.5 Å². The molecule has 0 bridgehead atoms. The van der Waals surface area contributed by atoms with Gasteiger partial charge in [0.05, 0.1) is 38.3 Å². The van der Waals surface area contributed by atoms with Gasteiger partial charge in [-0.15, -0.1) is 0 Å². The van der Waals surface area contributed by atoms with Crippen molar-refractivity contribution in [1.29, 1.82) is 0 Å². The maximum absolute atomic E-state index is 14.2. The first-order valence-corrected chi connectivity index (χ1v) is 15.9. The van der Waals surface area contributed by atoms with Crippen molar-refractivity contribution in [1.82, 2.24) is 29.6 Å². The number of fused-ring (bicyclic) bond motifs is 2. The molecule has 0 spiro atoms. The van der Waals surface area contributed by atoms with Crippen LogP contribution in [0.4, 0.5) is 5.95 Å². The lowest BCUT2D eigenvalue weighted by Gasteiger charge is -2.25. The fourth-order valence-electron chi connectivity index (χ4n) is 4.85. The average Bonchev–Trinajstić information content (AvgIpc) is 3.52. The molecular formula is C29H38N7O8P. The van der Waals surface area contributed by atoms with Crippen LogP contribution in [0.15, 0.2) is 42.9 Å². The number of imidazole rings is 1. The number of nitrogens with two attached hydrogens (primary N) is 1. The van der Waals surface area contributed by atoms with Gasteiger partial charge in [-0.3, -0.25) is 18.9 Å². The van der Waals surface area contributed by atoms with Crippen LogP contribution in [0.3, 0.4) is 0 Å². The molecule has 16 heteroatoms. The van der Waals surface area contributed by atoms with Gasteiger partial charge in [0.15, 0.2) is 17.4 Å². The topological polar surface area (TPSA) is 195 Å². The third kappa shape index (κ3) is 7.51. The molecule has 1 aromatic carbocycles. The zero-order valence-electron chi connectivity index (χ0n) is 26.0. The number of methoxy groups -OCH3 is 1. The molecule has 0 radical (unpaired) electrons. The van der Waals surface area contributed by atoms with Crippen LogP contribution in [-0.4, -0.2) is 73.6 Å². The molecule has 45 heavy (non-hydrogen) atoms. The number of nitrogens with one attached hydrogen (secondary N) is 1. The zero-order chi connectivity index (χ0) is 32.6. The largest absolute Gasteiger partial charge is 0.479 e. The number of ether oxygens (including phenoxy) is 3. The number of hydrogen-bond donors (Lipinski definition) is 3. The molecule has 0 amide bonds. The van der Waals surface area contributed by atoms with Gasteiger partial charge in [-0.2, -0.15) is 15.1 Å². The Morgan fingerprint density at radius 1 is 1.29 bits per heavy atom. The predicted molar refractivity (Wildman–Crippen MR) is 164 cm³/mol. The molecule has 1 fully saturated rings. The van der Waals surface area contributed by atoms with Gasteiger partial charge < -0.3 is 29.6 Å². The summed E-state index contributed by atoms with van der Waals surface area (Å²) in [4.78, 5) is 29.7. The van der Waals surface area contributed by atoms with Gasteiger partial charge in [0.1, 0.15) is 17.4 Å². The Labute approximate surface area is 260 Å². The highest BCUT2D eigenvalue weighted by Crippen LogP contribution is 2.47. The Balaban J connectivity index is 1.35. The van der Waals surface area contributed by atoms with Crippen LogP contribution in [0.1, 0.15) is 47.3 Å². The van der Waals surface area contributed by atoms with E-state index in [1.165, 1.54) is 24.9 Å². The van der Waals surface area contributed by atoms with E-state index in [0.29, 0.717) is 11.2 Å². The third-order valence-corrected chi connectivity index (χ3v) is 8.57. The number of carbonyl (C=O) groups is 1. The minimum atomic E-state index is -4.23. The highest BCUT2D eigenvalue weighted by Gasteiger charge is 2.47. The van der Waals surface area contributed by atoms with Crippen LogP contribution in [0.5, 0.6) is 11.6 Å². The third-order valence-electron chi connectivity index (χ3n) is 6.93. The smallest absolute Gasteiger partial charge is 0.459 e. The van der Waals surface area contributed by atoms with Gasteiger partial charge in [-0.05, 0) is 43.5 Å². The monoisotopic (exact) mass is 643 g/mol. The lowest BCUT2D eigenvalue weighted by atomic mass is 9.99. The van der Waals surface area contributed by atoms with Crippen molar-refractivity contribution in [2.45, 2.75) is 65.0 Å². The number of hydrogen-bond acceptors (Lipinski definition) is 13. The molecule has 5 rings (SSSR count). The number of rotatable bonds is 11. The molecule has 1 saturated heterocycles. The summed E-state index contributed by atoms with van der Waals surface area (Å²) in [5, 5.41) is 14.8. The Hall–Kier alpha value is -3.88. The number of carbonyl (C=O) groups excluding carboxylic acids is 1. The van der Waals surface area contributed by atoms with Gasteiger partial charge in [-0.1, -0.05) is 26.8 Å². The van der Waals surface area contributed by atoms with E-state index in [0.717, 1.165) is 10.9 Å². The number of nitrogens with zero attached hydrogens (tertiary/aromatic N) is 5. The highest BCUT2D eigenvalue weighted by molar-refractivity contribution is 7.52. The van der Waals surface area contributed by atoms with Gasteiger partial charge in [-0.25, -0.2) is 9.55 Å². The van der Waals surface area contributed by atoms with Crippen LogP contribution < -0.4 is 20.1 Å². The number of aliphatic hydroxyl groups is 1. The van der Waals surface area contributed by atoms with E-state index >= 15 is 0 Å². The molecule has 1 aliphatic rings. The number of nitrogen functional groups attached to an aromatic ring is 1. The number of anilines is 1. The normalized spacial score (nSPS) is 22.3. The average molecular weight is 644 g/mol. The molecule has 15 nitrogen and oxygen atoms in total. The maximum atomic E-state index is 14.2. The first kappa shape index (κ1) is 32.5. The van der Waals surface area contributed by atoms with Crippen molar-refractivity contribution in [3.05, 3.63) is 42.9 Å². The van der Waals surface area contributed by atoms with Crippen LogP contribution >= 0.6 is 7.75 Å². The van der Waals surface area contributed by atoms with E-state index in [1.807, 2.05) is 26.8 Å². The van der Waals surface area contributed by atoms with Crippen molar-refractivity contribution >= 4 is 41.7 Å². The molecule has 4 N–H and O–H groups in total. The fraction of sp³-hybridized carbons (Fsp3) is 0.483. The summed E-state index contributed by atoms with van der Waals surface area (Å²) in [6.45, 7) is 8.79. The number of benzene rings is 1. The van der Waals surface area contributed by atoms with Gasteiger partial charge in [0.2, 0.25) is 11.8 Å². The number of pyridine rings is 1. The summed E-state index contributed by atoms with van der Waals surface area (Å²) in [5.74, 6) is -0.251. The quantitative estimate of drug-likeness (QED) is 0.158. The first-order valence-electron chi connectivity index (χ1n) is 14.3. The minimum Gasteiger partial charge on any atom is -0.479 e. The zero-order valence-corrected chi connectivity index (χ0v) is 26.9. The lowest BCUT2D eigenvalue weighted by molar-refractivity contribution is -0.148. The van der Waals surface area contributed by atoms with E-state index in [-0.39, 0.29) is 42.6 Å². The molecule has 4 aromatic rings. The predicted octanol–water partition coefficient (Wildman–Crippen LogP) is 3.77. The van der Waals surface area contributed by atoms with Crippen molar-refractivity contribution in [2.75, 3.05) is 26.1 Å². The van der Waals surface area contributed by atoms with E-state index in [2.05, 4.69) is 25.0 Å². The second-order valence-electron chi connectivity index (χ2n) is 12.3. The summed E-state index contributed by atoms with van der Waals surface area (Å²) >= 11 is 0. The highest BCUT2D eigenvalue weighted by atomic mass is 31.2. The first-order chi connectivity index (χ1) is 21.2. The Bertz CT molecular complexity index is 1740. The minimum absolute atomic E-state index is 0.0394. The summed E-state index contributed by atoms with van der Waals surface area (Å²) in [6.07, 6.45) is 1.50. The molecular weight excluding hydrogens is 605 g/mol. The van der Waals surface area contributed by atoms with E-state index in [1.54, 1.807) is 37.4 Å². The maximum Gasteiger partial charge on any atom is 0.459 e. The molecule has 5 atom stereocenters. The summed E-state index contributed by atoms with van der Waals surface area (Å²) in [5.41, 5.74) is 5.54. The van der Waals surface area contributed by atoms with Gasteiger partial charge in [0.25, 0.3) is 0 Å². The van der Waals surface area contributed by atoms with Crippen molar-refractivity contribution < 1.29 is 37.7 Å². The fourth-order valence-corrected chi connectivity index (χ4v) is 6.36. The molecule has 242 valence electrons. The molecule has 0 saturated carbocycles. The molecule has 3 aromatic heterocycles. The van der Waals surface area contributed by atoms with Crippen LogP contribution in [0.2, 0.25) is 0 Å². The number of esters is 1. The molecule has 4 heterocycles. The van der Waals surface area contributed by atoms with Gasteiger partial charge in [0, 0.05) is 18.0 Å². The van der Waals surface area contributed by atoms with E-state index < -0.39 is 37.7 Å². The van der Waals surface area contributed by atoms with Crippen LogP contribution in [0.25, 0.3) is 22.1 Å². The lowest BCUT2D eigenvalue weighted by Crippen LogP contribution is -2.37. The Kier molecular flexibility index (Phi) is 9.02. The van der Waals surface area contributed by atoms with Crippen LogP contribution in [0, 0.1) is 5.41 Å². The molecule has 0 aliphatic carbocycles. The summed E-state index contributed by atoms with van der Waals surface area (Å²) in [7, 11) is -2.80. The second kappa shape index (κ2) is 12.5. The van der Waals surface area contributed by atoms with Crippen LogP contribution in [-0.2, 0) is 23.4 Å². The number of aromatic nitrogens is 5. The molecule has 5 unspecified atom stereocenters. The second-order valence-corrected chi connectivity index (χ2v) is 14.0. The Morgan fingerprint density at radius 3 is 2.80 bits per heavy atom. The Morgan fingerprint density at radius 2 is 2.07 bits per heavy atom. The van der Waals surface area contributed by atoms with Gasteiger partial charge >= 0.3 is 13.7 Å². The SMILES string of the molecule is COc1nc(N)nc2c1ncn2C1OC(COP(=O)(NC(C)C(=O)OCC(C)(C)C)Oc2ccc3ncccc3c2)CC1(C)O. The van der Waals surface area contributed by atoms with Crippen molar-refractivity contribution in [3.8, 4) is 11.6 Å². The standard InChI is InChI=1S/C29H38N7O8P/c1-17(25(37)41-15-28(2,3)4)35-45(39,44-19-9-10-21-18(12-19)8-7-11-31-21)42-14-20-13-29(5,38)26(43-20)36-16-32-22-23(36)33-27(30)34-24(22)40-6/h7-12,16-17,20,26,38H,13-15H2,1-6H3,(H,35,39)(H2,30,33,34). The summed E-state index contributed by atoms with van der Waals surface area (Å²) in [6, 6.07) is 7.56.